The van der Waals surface area contributed by atoms with E-state index in [2.05, 4.69) is 16.1 Å². The first kappa shape index (κ1) is 20.6. The Bertz CT molecular complexity index is 1170. The van der Waals surface area contributed by atoms with Gasteiger partial charge in [0.15, 0.2) is 0 Å². The molecule has 1 fully saturated rings. The highest BCUT2D eigenvalue weighted by molar-refractivity contribution is 5.81. The minimum Gasteiger partial charge on any atom is -0.497 e. The van der Waals surface area contributed by atoms with Crippen molar-refractivity contribution < 1.29 is 9.53 Å². The molecule has 0 bridgehead atoms. The third kappa shape index (κ3) is 4.27. The minimum absolute atomic E-state index is 0.0566. The number of hydrogen-bond donors (Lipinski definition) is 0. The van der Waals surface area contributed by atoms with Crippen molar-refractivity contribution in [2.45, 2.75) is 12.6 Å². The molecule has 0 spiro atoms. The number of amides is 1. The van der Waals surface area contributed by atoms with Crippen LogP contribution >= 0.6 is 0 Å². The van der Waals surface area contributed by atoms with Gasteiger partial charge < -0.3 is 9.64 Å². The van der Waals surface area contributed by atoms with Crippen molar-refractivity contribution in [1.29, 1.82) is 5.26 Å². The molecular weight excluding hydrogens is 394 g/mol. The van der Waals surface area contributed by atoms with Crippen molar-refractivity contribution in [3.8, 4) is 11.8 Å². The molecule has 1 saturated heterocycles. The predicted octanol–water partition coefficient (Wildman–Crippen LogP) is 1.81. The van der Waals surface area contributed by atoms with E-state index in [-0.39, 0.29) is 23.9 Å². The summed E-state index contributed by atoms with van der Waals surface area (Å²) in [7, 11) is 1.61. The average molecular weight is 417 g/mol. The summed E-state index contributed by atoms with van der Waals surface area (Å²) in [5, 5.41) is 14.4. The molecule has 0 saturated carbocycles. The molecule has 0 N–H and O–H groups in total. The van der Waals surface area contributed by atoms with Crippen LogP contribution in [0.4, 0.5) is 0 Å². The van der Waals surface area contributed by atoms with E-state index in [0.29, 0.717) is 37.1 Å². The second-order valence-electron chi connectivity index (χ2n) is 7.41. The molecule has 4 rings (SSSR count). The highest BCUT2D eigenvalue weighted by Gasteiger charge is 2.27. The number of benzene rings is 2. The van der Waals surface area contributed by atoms with E-state index >= 15 is 0 Å². The third-order valence-corrected chi connectivity index (χ3v) is 5.63. The van der Waals surface area contributed by atoms with Crippen LogP contribution in [0.2, 0.25) is 0 Å². The molecule has 1 aliphatic rings. The van der Waals surface area contributed by atoms with Crippen LogP contribution in [0.5, 0.6) is 5.75 Å². The fraction of sp³-hybridized carbons (Fsp3) is 0.304. The smallest absolute Gasteiger partial charge is 0.244 e. The Labute approximate surface area is 179 Å². The number of hydrogen-bond acceptors (Lipinski definition) is 6. The Morgan fingerprint density at radius 1 is 1.13 bits per heavy atom. The molecule has 1 unspecified atom stereocenters. The highest BCUT2D eigenvalue weighted by atomic mass is 16.5. The largest absolute Gasteiger partial charge is 0.497 e. The van der Waals surface area contributed by atoms with Gasteiger partial charge in [-0.2, -0.15) is 10.4 Å². The Hall–Kier alpha value is -3.70. The Morgan fingerprint density at radius 2 is 1.84 bits per heavy atom. The third-order valence-electron chi connectivity index (χ3n) is 5.63. The van der Waals surface area contributed by atoms with Gasteiger partial charge in [0.25, 0.3) is 0 Å². The summed E-state index contributed by atoms with van der Waals surface area (Å²) >= 11 is 0. The summed E-state index contributed by atoms with van der Waals surface area (Å²) in [5.41, 5.74) is 1.40. The van der Waals surface area contributed by atoms with Gasteiger partial charge in [-0.25, -0.2) is 0 Å². The zero-order valence-electron chi connectivity index (χ0n) is 17.3. The molecule has 1 aliphatic heterocycles. The van der Waals surface area contributed by atoms with E-state index in [4.69, 9.17) is 4.74 Å². The van der Waals surface area contributed by atoms with Gasteiger partial charge in [0, 0.05) is 31.6 Å². The first-order valence-electron chi connectivity index (χ1n) is 10.1. The summed E-state index contributed by atoms with van der Waals surface area (Å²) < 4.78 is 6.76. The number of fused-ring (bicyclic) bond motifs is 1. The molecule has 0 radical (unpaired) electrons. The number of para-hydroxylation sites is 1. The van der Waals surface area contributed by atoms with Crippen LogP contribution in [0.1, 0.15) is 11.6 Å². The Balaban J connectivity index is 1.41. The lowest BCUT2D eigenvalue weighted by Gasteiger charge is -2.37. The van der Waals surface area contributed by atoms with Crippen molar-refractivity contribution in [3.63, 3.8) is 0 Å². The van der Waals surface area contributed by atoms with Crippen LogP contribution in [0, 0.1) is 11.3 Å². The molecule has 158 valence electrons. The van der Waals surface area contributed by atoms with Gasteiger partial charge in [0.1, 0.15) is 18.3 Å². The summed E-state index contributed by atoms with van der Waals surface area (Å²) in [5.74, 6) is 0.693. The second-order valence-corrected chi connectivity index (χ2v) is 7.41. The summed E-state index contributed by atoms with van der Waals surface area (Å²) in [6.45, 7) is 2.35. The molecule has 1 aromatic heterocycles. The summed E-state index contributed by atoms with van der Waals surface area (Å²) in [6, 6.07) is 16.7. The number of carbonyl (C=O) groups excluding carboxylic acids is 1. The molecule has 3 aromatic rings. The van der Waals surface area contributed by atoms with Crippen LogP contribution < -0.4 is 10.2 Å². The number of carbonyl (C=O) groups is 1. The van der Waals surface area contributed by atoms with Crippen molar-refractivity contribution in [2.24, 2.45) is 0 Å². The fourth-order valence-corrected chi connectivity index (χ4v) is 3.90. The van der Waals surface area contributed by atoms with Gasteiger partial charge >= 0.3 is 0 Å². The lowest BCUT2D eigenvalue weighted by Crippen LogP contribution is -2.50. The van der Waals surface area contributed by atoms with E-state index in [0.717, 1.165) is 11.3 Å². The number of aromatic nitrogens is 2. The maximum atomic E-state index is 12.9. The van der Waals surface area contributed by atoms with Gasteiger partial charge in [0.2, 0.25) is 11.3 Å². The first-order chi connectivity index (χ1) is 15.1. The zero-order valence-corrected chi connectivity index (χ0v) is 17.3. The van der Waals surface area contributed by atoms with Crippen molar-refractivity contribution in [2.75, 3.05) is 33.3 Å². The number of piperazine rings is 1. The van der Waals surface area contributed by atoms with Gasteiger partial charge in [-0.1, -0.05) is 24.3 Å². The van der Waals surface area contributed by atoms with Crippen LogP contribution in [0.25, 0.3) is 10.9 Å². The van der Waals surface area contributed by atoms with E-state index in [1.54, 1.807) is 34.9 Å². The standard InChI is InChI=1S/C23H23N5O3/c1-31-18-8-6-17(7-9-18)21(14-24)26-10-12-27(13-11-26)23(30)16-28-20-5-3-2-4-19(20)22(29)15-25-28/h2-9,15,21H,10-13,16H2,1H3. The number of ether oxygens (including phenoxy) is 1. The average Bonchev–Trinajstić information content (AvgIpc) is 2.82. The van der Waals surface area contributed by atoms with E-state index < -0.39 is 0 Å². The molecule has 8 heteroatoms. The molecule has 1 amide bonds. The Kier molecular flexibility index (Phi) is 5.96. The number of methoxy groups -OCH3 is 1. The topological polar surface area (TPSA) is 91.5 Å². The van der Waals surface area contributed by atoms with Crippen LogP contribution in [0.3, 0.4) is 0 Å². The van der Waals surface area contributed by atoms with Crippen LogP contribution in [-0.4, -0.2) is 58.8 Å². The van der Waals surface area contributed by atoms with Crippen molar-refractivity contribution in [1.82, 2.24) is 19.6 Å². The van der Waals surface area contributed by atoms with Crippen LogP contribution in [0.15, 0.2) is 59.5 Å². The van der Waals surface area contributed by atoms with Gasteiger partial charge in [-0.05, 0) is 29.8 Å². The fourth-order valence-electron chi connectivity index (χ4n) is 3.90. The highest BCUT2D eigenvalue weighted by Crippen LogP contribution is 2.24. The molecule has 0 aliphatic carbocycles. The lowest BCUT2D eigenvalue weighted by atomic mass is 10.1. The van der Waals surface area contributed by atoms with Crippen molar-refractivity contribution in [3.05, 3.63) is 70.5 Å². The first-order valence-corrected chi connectivity index (χ1v) is 10.1. The molecular formula is C23H23N5O3. The van der Waals surface area contributed by atoms with E-state index in [9.17, 15) is 14.9 Å². The Morgan fingerprint density at radius 3 is 2.52 bits per heavy atom. The molecule has 2 heterocycles. The molecule has 31 heavy (non-hydrogen) atoms. The maximum Gasteiger partial charge on any atom is 0.244 e. The van der Waals surface area contributed by atoms with E-state index in [1.807, 2.05) is 30.3 Å². The molecule has 1 atom stereocenters. The van der Waals surface area contributed by atoms with Gasteiger partial charge in [0.05, 0.1) is 24.9 Å². The SMILES string of the molecule is COc1ccc(C(C#N)N2CCN(C(=O)Cn3ncc(=O)c4ccccc43)CC2)cc1. The summed E-state index contributed by atoms with van der Waals surface area (Å²) in [4.78, 5) is 28.7. The monoisotopic (exact) mass is 417 g/mol. The molecule has 8 nitrogen and oxygen atoms in total. The van der Waals surface area contributed by atoms with Gasteiger partial charge in [-0.3, -0.25) is 19.2 Å². The second kappa shape index (κ2) is 8.98. The lowest BCUT2D eigenvalue weighted by molar-refractivity contribution is -0.133. The minimum atomic E-state index is -0.368. The number of rotatable bonds is 5. The molecule has 2 aromatic carbocycles. The number of nitriles is 1. The van der Waals surface area contributed by atoms with E-state index in [1.165, 1.54) is 6.20 Å². The number of nitrogens with zero attached hydrogens (tertiary/aromatic N) is 5. The van der Waals surface area contributed by atoms with Crippen molar-refractivity contribution >= 4 is 16.8 Å². The van der Waals surface area contributed by atoms with Gasteiger partial charge in [-0.15, -0.1) is 0 Å². The normalized spacial score (nSPS) is 15.4. The maximum absolute atomic E-state index is 12.9. The summed E-state index contributed by atoms with van der Waals surface area (Å²) in [6.07, 6.45) is 1.25. The quantitative estimate of drug-likeness (QED) is 0.629. The van der Waals surface area contributed by atoms with Crippen LogP contribution in [-0.2, 0) is 11.3 Å². The zero-order chi connectivity index (χ0) is 21.8. The predicted molar refractivity (Wildman–Crippen MR) is 116 cm³/mol.